The molecule has 0 heterocycles. The van der Waals surface area contributed by atoms with Gasteiger partial charge < -0.3 is 10.1 Å². The molecule has 2 aromatic carbocycles. The molecule has 0 bridgehead atoms. The third-order valence-corrected chi connectivity index (χ3v) is 5.72. The number of carbonyl (C=O) groups is 1. The number of amides is 1. The maximum Gasteiger partial charge on any atom is 0.261 e. The largest absolute Gasteiger partial charge is 0.484 e. The minimum absolute atomic E-state index is 0.0367. The number of nitrogens with one attached hydrogen (secondary N) is 2. The quantitative estimate of drug-likeness (QED) is 0.758. The average Bonchev–Trinajstić information content (AvgIpc) is 3.15. The lowest BCUT2D eigenvalue weighted by atomic mass is 10.2. The van der Waals surface area contributed by atoms with E-state index in [0.717, 1.165) is 25.7 Å². The summed E-state index contributed by atoms with van der Waals surface area (Å²) in [4.78, 5) is 11.9. The Bertz CT molecular complexity index is 877. The van der Waals surface area contributed by atoms with Crippen molar-refractivity contribution in [1.82, 2.24) is 5.32 Å². The SMILES string of the molecule is O=C(COc1ccc(S(=O)(=O)Nc2ccc(F)cc2)cc1)NC1CCCC1. The van der Waals surface area contributed by atoms with E-state index in [0.29, 0.717) is 5.75 Å². The summed E-state index contributed by atoms with van der Waals surface area (Å²) >= 11 is 0. The van der Waals surface area contributed by atoms with Crippen LogP contribution in [0.25, 0.3) is 0 Å². The van der Waals surface area contributed by atoms with Crippen molar-refractivity contribution in [2.45, 2.75) is 36.6 Å². The minimum atomic E-state index is -3.80. The molecular weight excluding hydrogens is 371 g/mol. The second kappa shape index (κ2) is 8.39. The molecule has 2 N–H and O–H groups in total. The van der Waals surface area contributed by atoms with Gasteiger partial charge in [0.2, 0.25) is 0 Å². The van der Waals surface area contributed by atoms with Gasteiger partial charge in [0, 0.05) is 11.7 Å². The standard InChI is InChI=1S/C19H21FN2O4S/c20-14-5-7-16(8-6-14)22-27(24,25)18-11-9-17(10-12-18)26-13-19(23)21-15-3-1-2-4-15/h5-12,15,22H,1-4,13H2,(H,21,23). The second-order valence-corrected chi connectivity index (χ2v) is 8.10. The van der Waals surface area contributed by atoms with E-state index in [9.17, 15) is 17.6 Å². The highest BCUT2D eigenvalue weighted by Gasteiger charge is 2.18. The topological polar surface area (TPSA) is 84.5 Å². The van der Waals surface area contributed by atoms with Crippen LogP contribution in [0, 0.1) is 5.82 Å². The lowest BCUT2D eigenvalue weighted by molar-refractivity contribution is -0.123. The van der Waals surface area contributed by atoms with Crippen LogP contribution in [0.1, 0.15) is 25.7 Å². The zero-order valence-corrected chi connectivity index (χ0v) is 15.5. The summed E-state index contributed by atoms with van der Waals surface area (Å²) in [5.41, 5.74) is 0.264. The first-order valence-corrected chi connectivity index (χ1v) is 10.2. The Morgan fingerprint density at radius 3 is 2.30 bits per heavy atom. The summed E-state index contributed by atoms with van der Waals surface area (Å²) in [6.07, 6.45) is 4.26. The average molecular weight is 392 g/mol. The predicted molar refractivity (Wildman–Crippen MR) is 99.5 cm³/mol. The van der Waals surface area contributed by atoms with Crippen LogP contribution in [0.15, 0.2) is 53.4 Å². The smallest absolute Gasteiger partial charge is 0.261 e. The van der Waals surface area contributed by atoms with Gasteiger partial charge in [-0.3, -0.25) is 9.52 Å². The van der Waals surface area contributed by atoms with Crippen LogP contribution < -0.4 is 14.8 Å². The first-order valence-electron chi connectivity index (χ1n) is 8.73. The fourth-order valence-corrected chi connectivity index (χ4v) is 3.99. The summed E-state index contributed by atoms with van der Waals surface area (Å²) in [5.74, 6) is -0.231. The van der Waals surface area contributed by atoms with Gasteiger partial charge in [0.1, 0.15) is 11.6 Å². The number of halogens is 1. The fourth-order valence-electron chi connectivity index (χ4n) is 2.94. The van der Waals surface area contributed by atoms with Crippen molar-refractivity contribution in [3.05, 3.63) is 54.3 Å². The molecule has 144 valence electrons. The number of rotatable bonds is 7. The van der Waals surface area contributed by atoms with Crippen molar-refractivity contribution < 1.29 is 22.3 Å². The van der Waals surface area contributed by atoms with E-state index in [1.54, 1.807) is 0 Å². The van der Waals surface area contributed by atoms with Crippen LogP contribution in [0.5, 0.6) is 5.75 Å². The van der Waals surface area contributed by atoms with Gasteiger partial charge >= 0.3 is 0 Å². The number of hydrogen-bond donors (Lipinski definition) is 2. The van der Waals surface area contributed by atoms with Crippen LogP contribution in [0.4, 0.5) is 10.1 Å². The molecule has 0 aromatic heterocycles. The number of benzene rings is 2. The van der Waals surface area contributed by atoms with Crippen LogP contribution in [0.3, 0.4) is 0 Å². The van der Waals surface area contributed by atoms with Gasteiger partial charge in [-0.05, 0) is 61.4 Å². The monoisotopic (exact) mass is 392 g/mol. The number of carbonyl (C=O) groups excluding carboxylic acids is 1. The molecule has 1 fully saturated rings. The Morgan fingerprint density at radius 2 is 1.67 bits per heavy atom. The number of hydrogen-bond acceptors (Lipinski definition) is 4. The third kappa shape index (κ3) is 5.43. The Labute approximate surface area is 157 Å². The normalized spacial score (nSPS) is 14.7. The van der Waals surface area contributed by atoms with E-state index >= 15 is 0 Å². The lowest BCUT2D eigenvalue weighted by Crippen LogP contribution is -2.36. The molecule has 27 heavy (non-hydrogen) atoms. The molecule has 0 spiro atoms. The van der Waals surface area contributed by atoms with Crippen molar-refractivity contribution >= 4 is 21.6 Å². The maximum absolute atomic E-state index is 12.9. The van der Waals surface area contributed by atoms with Gasteiger partial charge in [-0.1, -0.05) is 12.8 Å². The van der Waals surface area contributed by atoms with E-state index < -0.39 is 15.8 Å². The molecule has 8 heteroatoms. The summed E-state index contributed by atoms with van der Waals surface area (Å²) in [7, 11) is -3.80. The van der Waals surface area contributed by atoms with Crippen LogP contribution in [0.2, 0.25) is 0 Å². The fraction of sp³-hybridized carbons (Fsp3) is 0.316. The molecule has 0 unspecified atom stereocenters. The van der Waals surface area contributed by atoms with Crippen molar-refractivity contribution in [3.63, 3.8) is 0 Å². The van der Waals surface area contributed by atoms with E-state index in [1.165, 1.54) is 48.5 Å². The predicted octanol–water partition coefficient (Wildman–Crippen LogP) is 3.06. The summed E-state index contributed by atoms with van der Waals surface area (Å²) < 4.78 is 45.4. The molecule has 0 radical (unpaired) electrons. The molecule has 0 aliphatic heterocycles. The van der Waals surface area contributed by atoms with E-state index in [4.69, 9.17) is 4.74 Å². The zero-order chi connectivity index (χ0) is 19.3. The Hall–Kier alpha value is -2.61. The van der Waals surface area contributed by atoms with Gasteiger partial charge in [-0.2, -0.15) is 0 Å². The number of sulfonamides is 1. The Balaban J connectivity index is 1.55. The number of ether oxygens (including phenoxy) is 1. The van der Waals surface area contributed by atoms with Crippen LogP contribution in [-0.4, -0.2) is 27.0 Å². The number of anilines is 1. The second-order valence-electron chi connectivity index (χ2n) is 6.42. The highest BCUT2D eigenvalue weighted by Crippen LogP contribution is 2.20. The van der Waals surface area contributed by atoms with Gasteiger partial charge in [0.15, 0.2) is 6.61 Å². The van der Waals surface area contributed by atoms with Gasteiger partial charge in [-0.15, -0.1) is 0 Å². The molecule has 1 aliphatic carbocycles. The zero-order valence-electron chi connectivity index (χ0n) is 14.7. The molecule has 0 atom stereocenters. The summed E-state index contributed by atoms with van der Waals surface area (Å²) in [6.45, 7) is -0.115. The highest BCUT2D eigenvalue weighted by molar-refractivity contribution is 7.92. The molecule has 0 saturated heterocycles. The first kappa shape index (κ1) is 19.2. The van der Waals surface area contributed by atoms with E-state index in [2.05, 4.69) is 10.0 Å². The van der Waals surface area contributed by atoms with Gasteiger partial charge in [-0.25, -0.2) is 12.8 Å². The van der Waals surface area contributed by atoms with Crippen molar-refractivity contribution in [2.24, 2.45) is 0 Å². The lowest BCUT2D eigenvalue weighted by Gasteiger charge is -2.13. The first-order chi connectivity index (χ1) is 12.9. The minimum Gasteiger partial charge on any atom is -0.484 e. The molecule has 1 saturated carbocycles. The highest BCUT2D eigenvalue weighted by atomic mass is 32.2. The summed E-state index contributed by atoms with van der Waals surface area (Å²) in [6, 6.07) is 11.0. The molecule has 2 aromatic rings. The van der Waals surface area contributed by atoms with Crippen molar-refractivity contribution in [3.8, 4) is 5.75 Å². The molecule has 6 nitrogen and oxygen atoms in total. The Morgan fingerprint density at radius 1 is 1.04 bits per heavy atom. The molecule has 1 amide bonds. The summed E-state index contributed by atoms with van der Waals surface area (Å²) in [5, 5.41) is 2.92. The Kier molecular flexibility index (Phi) is 5.95. The van der Waals surface area contributed by atoms with Crippen molar-refractivity contribution in [1.29, 1.82) is 0 Å². The van der Waals surface area contributed by atoms with Crippen LogP contribution in [-0.2, 0) is 14.8 Å². The van der Waals surface area contributed by atoms with Crippen LogP contribution >= 0.6 is 0 Å². The molecular formula is C19H21FN2O4S. The van der Waals surface area contributed by atoms with Gasteiger partial charge in [0.25, 0.3) is 15.9 Å². The maximum atomic E-state index is 12.9. The van der Waals surface area contributed by atoms with Crippen molar-refractivity contribution in [2.75, 3.05) is 11.3 Å². The molecule has 3 rings (SSSR count). The van der Waals surface area contributed by atoms with E-state index in [-0.39, 0.29) is 29.1 Å². The third-order valence-electron chi connectivity index (χ3n) is 4.32. The van der Waals surface area contributed by atoms with Gasteiger partial charge in [0.05, 0.1) is 4.90 Å². The van der Waals surface area contributed by atoms with E-state index in [1.807, 2.05) is 0 Å². The molecule has 1 aliphatic rings.